The van der Waals surface area contributed by atoms with E-state index in [0.29, 0.717) is 13.2 Å². The van der Waals surface area contributed by atoms with Crippen molar-refractivity contribution in [1.82, 2.24) is 15.1 Å². The van der Waals surface area contributed by atoms with Gasteiger partial charge in [0.15, 0.2) is 0 Å². The lowest BCUT2D eigenvalue weighted by atomic mass is 10.1. The van der Waals surface area contributed by atoms with Gasteiger partial charge in [-0.25, -0.2) is 0 Å². The van der Waals surface area contributed by atoms with Crippen LogP contribution in [0.2, 0.25) is 0 Å². The molecule has 1 aliphatic heterocycles. The third-order valence-corrected chi connectivity index (χ3v) is 3.61. The summed E-state index contributed by atoms with van der Waals surface area (Å²) in [5.74, 6) is -0.0949. The molecule has 2 N–H and O–H groups in total. The molecule has 1 aliphatic rings. The van der Waals surface area contributed by atoms with Gasteiger partial charge < -0.3 is 15.0 Å². The lowest BCUT2D eigenvalue weighted by Crippen LogP contribution is -2.46. The second kappa shape index (κ2) is 5.22. The fraction of sp³-hybridized carbons (Fsp3) is 0.429. The lowest BCUT2D eigenvalue weighted by molar-refractivity contribution is -0.132. The molecular formula is C14H18N4O2. The second-order valence-corrected chi connectivity index (χ2v) is 5.24. The Bertz CT molecular complexity index is 637. The number of hydrogen-bond acceptors (Lipinski definition) is 4. The molecule has 0 spiro atoms. The minimum Gasteiger partial charge on any atom is -0.366 e. The Morgan fingerprint density at radius 1 is 1.55 bits per heavy atom. The predicted molar refractivity (Wildman–Crippen MR) is 76.7 cm³/mol. The summed E-state index contributed by atoms with van der Waals surface area (Å²) in [5, 5.41) is 10.8. The molecule has 1 fully saturated rings. The Hall–Kier alpha value is -1.92. The quantitative estimate of drug-likeness (QED) is 0.861. The van der Waals surface area contributed by atoms with Crippen LogP contribution in [0.4, 0.5) is 5.69 Å². The van der Waals surface area contributed by atoms with E-state index < -0.39 is 6.10 Å². The van der Waals surface area contributed by atoms with Crippen LogP contribution in [0.1, 0.15) is 5.56 Å². The summed E-state index contributed by atoms with van der Waals surface area (Å²) in [7, 11) is 1.99. The van der Waals surface area contributed by atoms with Crippen molar-refractivity contribution in [1.29, 1.82) is 0 Å². The summed E-state index contributed by atoms with van der Waals surface area (Å²) in [5.41, 5.74) is 2.77. The van der Waals surface area contributed by atoms with E-state index >= 15 is 0 Å². The first-order valence-electron chi connectivity index (χ1n) is 6.68. The highest BCUT2D eigenvalue weighted by atomic mass is 16.5. The third kappa shape index (κ3) is 2.52. The van der Waals surface area contributed by atoms with Gasteiger partial charge in [0.05, 0.1) is 18.3 Å². The number of amides is 1. The van der Waals surface area contributed by atoms with Crippen LogP contribution in [-0.2, 0) is 9.53 Å². The molecule has 106 valence electrons. The molecule has 1 amide bonds. The number of hydrogen-bond donors (Lipinski definition) is 2. The third-order valence-electron chi connectivity index (χ3n) is 3.61. The molecule has 1 atom stereocenters. The number of carbonyl (C=O) groups is 1. The number of fused-ring (bicyclic) bond motifs is 1. The van der Waals surface area contributed by atoms with Crippen molar-refractivity contribution >= 4 is 22.5 Å². The first-order chi connectivity index (χ1) is 9.63. The van der Waals surface area contributed by atoms with Gasteiger partial charge in [0, 0.05) is 24.2 Å². The Morgan fingerprint density at radius 3 is 3.20 bits per heavy atom. The maximum absolute atomic E-state index is 12.3. The zero-order valence-corrected chi connectivity index (χ0v) is 11.6. The van der Waals surface area contributed by atoms with Crippen molar-refractivity contribution in [2.45, 2.75) is 13.0 Å². The first kappa shape index (κ1) is 13.1. The summed E-state index contributed by atoms with van der Waals surface area (Å²) in [6.07, 6.45) is 1.34. The Kier molecular flexibility index (Phi) is 3.42. The molecule has 3 rings (SSSR count). The minimum atomic E-state index is -0.409. The molecular weight excluding hydrogens is 256 g/mol. The monoisotopic (exact) mass is 274 g/mol. The molecule has 20 heavy (non-hydrogen) atoms. The Balaban J connectivity index is 1.78. The van der Waals surface area contributed by atoms with E-state index in [-0.39, 0.29) is 5.91 Å². The van der Waals surface area contributed by atoms with Gasteiger partial charge in [0.2, 0.25) is 0 Å². The standard InChI is InChI=1S/C14H18N4O2/c1-9-5-12-10(7-15-17-12)6-11(9)16-14(19)13-8-18(2)3-4-20-13/h5-7,13H,3-4,8H2,1-2H3,(H,15,17)(H,16,19). The van der Waals surface area contributed by atoms with Crippen LogP contribution in [0.25, 0.3) is 10.9 Å². The molecule has 2 heterocycles. The highest BCUT2D eigenvalue weighted by Gasteiger charge is 2.25. The van der Waals surface area contributed by atoms with Gasteiger partial charge in [0.1, 0.15) is 6.10 Å². The highest BCUT2D eigenvalue weighted by Crippen LogP contribution is 2.22. The molecule has 0 saturated carbocycles. The highest BCUT2D eigenvalue weighted by molar-refractivity contribution is 5.97. The number of nitrogens with zero attached hydrogens (tertiary/aromatic N) is 2. The number of morpholine rings is 1. The number of rotatable bonds is 2. The average molecular weight is 274 g/mol. The van der Waals surface area contributed by atoms with E-state index in [1.165, 1.54) is 0 Å². The van der Waals surface area contributed by atoms with E-state index in [2.05, 4.69) is 20.4 Å². The Labute approximate surface area is 117 Å². The SMILES string of the molecule is Cc1cc2[nH]ncc2cc1NC(=O)C1CN(C)CCO1. The van der Waals surface area contributed by atoms with Crippen LogP contribution in [-0.4, -0.2) is 53.9 Å². The predicted octanol–water partition coefficient (Wildman–Crippen LogP) is 1.14. The van der Waals surface area contributed by atoms with Crippen LogP contribution in [0.5, 0.6) is 0 Å². The van der Waals surface area contributed by atoms with Gasteiger partial charge in [-0.05, 0) is 31.7 Å². The molecule has 1 aromatic heterocycles. The summed E-state index contributed by atoms with van der Waals surface area (Å²) in [6.45, 7) is 4.04. The van der Waals surface area contributed by atoms with Crippen molar-refractivity contribution in [3.63, 3.8) is 0 Å². The van der Waals surface area contributed by atoms with Crippen LogP contribution >= 0.6 is 0 Å². The first-order valence-corrected chi connectivity index (χ1v) is 6.68. The van der Waals surface area contributed by atoms with Crippen LogP contribution in [0, 0.1) is 6.92 Å². The van der Waals surface area contributed by atoms with Crippen molar-refractivity contribution in [3.8, 4) is 0 Å². The molecule has 2 aromatic rings. The second-order valence-electron chi connectivity index (χ2n) is 5.24. The summed E-state index contributed by atoms with van der Waals surface area (Å²) in [6, 6.07) is 3.91. The summed E-state index contributed by atoms with van der Waals surface area (Å²) < 4.78 is 5.52. The van der Waals surface area contributed by atoms with E-state index in [1.807, 2.05) is 26.1 Å². The van der Waals surface area contributed by atoms with Gasteiger partial charge in [-0.15, -0.1) is 0 Å². The van der Waals surface area contributed by atoms with Gasteiger partial charge >= 0.3 is 0 Å². The number of aromatic nitrogens is 2. The van der Waals surface area contributed by atoms with E-state index in [0.717, 1.165) is 28.7 Å². The van der Waals surface area contributed by atoms with Crippen LogP contribution in [0.3, 0.4) is 0 Å². The number of benzene rings is 1. The van der Waals surface area contributed by atoms with Gasteiger partial charge in [-0.1, -0.05) is 0 Å². The van der Waals surface area contributed by atoms with Gasteiger partial charge in [0.25, 0.3) is 5.91 Å². The fourth-order valence-electron chi connectivity index (χ4n) is 2.38. The average Bonchev–Trinajstić information content (AvgIpc) is 2.86. The van der Waals surface area contributed by atoms with Crippen molar-refractivity contribution < 1.29 is 9.53 Å². The fourth-order valence-corrected chi connectivity index (χ4v) is 2.38. The van der Waals surface area contributed by atoms with E-state index in [9.17, 15) is 4.79 Å². The van der Waals surface area contributed by atoms with E-state index in [1.54, 1.807) is 6.20 Å². The molecule has 6 heteroatoms. The topological polar surface area (TPSA) is 70.2 Å². The molecule has 0 bridgehead atoms. The maximum Gasteiger partial charge on any atom is 0.254 e. The van der Waals surface area contributed by atoms with Crippen molar-refractivity contribution in [2.75, 3.05) is 32.1 Å². The summed E-state index contributed by atoms with van der Waals surface area (Å²) >= 11 is 0. The minimum absolute atomic E-state index is 0.0949. The zero-order valence-electron chi connectivity index (χ0n) is 11.6. The molecule has 0 aliphatic carbocycles. The number of aromatic amines is 1. The number of aryl methyl sites for hydroxylation is 1. The molecule has 1 aromatic carbocycles. The normalized spacial score (nSPS) is 20.2. The van der Waals surface area contributed by atoms with Crippen molar-refractivity contribution in [3.05, 3.63) is 23.9 Å². The molecule has 1 unspecified atom stereocenters. The molecule has 1 saturated heterocycles. The Morgan fingerprint density at radius 2 is 2.40 bits per heavy atom. The van der Waals surface area contributed by atoms with Crippen LogP contribution in [0.15, 0.2) is 18.3 Å². The zero-order chi connectivity index (χ0) is 14.1. The smallest absolute Gasteiger partial charge is 0.254 e. The molecule has 6 nitrogen and oxygen atoms in total. The lowest BCUT2D eigenvalue weighted by Gasteiger charge is -2.29. The van der Waals surface area contributed by atoms with Gasteiger partial charge in [-0.3, -0.25) is 9.89 Å². The van der Waals surface area contributed by atoms with E-state index in [4.69, 9.17) is 4.74 Å². The van der Waals surface area contributed by atoms with Crippen LogP contribution < -0.4 is 5.32 Å². The number of H-pyrrole nitrogens is 1. The molecule has 0 radical (unpaired) electrons. The maximum atomic E-state index is 12.3. The number of ether oxygens (including phenoxy) is 1. The largest absolute Gasteiger partial charge is 0.366 e. The number of likely N-dealkylation sites (N-methyl/N-ethyl adjacent to an activating group) is 1. The number of nitrogens with one attached hydrogen (secondary N) is 2. The van der Waals surface area contributed by atoms with Crippen molar-refractivity contribution in [2.24, 2.45) is 0 Å². The number of anilines is 1. The number of carbonyl (C=O) groups excluding carboxylic acids is 1. The van der Waals surface area contributed by atoms with Gasteiger partial charge in [-0.2, -0.15) is 5.10 Å². The summed E-state index contributed by atoms with van der Waals surface area (Å²) in [4.78, 5) is 14.4.